The third-order valence-electron chi connectivity index (χ3n) is 3.30. The third-order valence-corrected chi connectivity index (χ3v) is 4.19. The molecule has 1 aromatic carbocycles. The zero-order valence-corrected chi connectivity index (χ0v) is 13.5. The van der Waals surface area contributed by atoms with Crippen LogP contribution in [0.2, 0.25) is 0 Å². The van der Waals surface area contributed by atoms with Crippen molar-refractivity contribution in [3.05, 3.63) is 51.5 Å². The van der Waals surface area contributed by atoms with Crippen molar-refractivity contribution in [1.82, 2.24) is 15.1 Å². The van der Waals surface area contributed by atoms with Crippen molar-refractivity contribution in [3.8, 4) is 0 Å². The molecule has 0 spiro atoms. The maximum absolute atomic E-state index is 13.6. The Hall–Kier alpha value is -1.20. The molecule has 0 fully saturated rings. The predicted octanol–water partition coefficient (Wildman–Crippen LogP) is 3.52. The Labute approximate surface area is 127 Å². The van der Waals surface area contributed by atoms with Crippen LogP contribution in [0.4, 0.5) is 4.39 Å². The quantitative estimate of drug-likeness (QED) is 0.903. The molecule has 1 atom stereocenters. The highest BCUT2D eigenvalue weighted by atomic mass is 79.9. The lowest BCUT2D eigenvalue weighted by atomic mass is 10.0. The second-order valence-corrected chi connectivity index (χ2v) is 5.65. The number of likely N-dealkylation sites (N-methyl/N-ethyl adjacent to an activating group) is 1. The highest BCUT2D eigenvalue weighted by Crippen LogP contribution is 2.26. The zero-order valence-electron chi connectivity index (χ0n) is 12.0. The normalized spacial score (nSPS) is 12.7. The molecule has 1 aromatic heterocycles. The summed E-state index contributed by atoms with van der Waals surface area (Å²) in [6, 6.07) is 7.34. The van der Waals surface area contributed by atoms with Crippen LogP contribution in [0.1, 0.15) is 29.9 Å². The van der Waals surface area contributed by atoms with E-state index in [0.717, 1.165) is 23.5 Å². The molecular formula is C15H19BrFN3. The van der Waals surface area contributed by atoms with Crippen molar-refractivity contribution in [3.63, 3.8) is 0 Å². The number of benzene rings is 1. The smallest absolute Gasteiger partial charge is 0.137 e. The first-order valence-electron chi connectivity index (χ1n) is 6.69. The topological polar surface area (TPSA) is 29.9 Å². The summed E-state index contributed by atoms with van der Waals surface area (Å²) in [5, 5.41) is 7.83. The molecule has 0 aliphatic carbocycles. The minimum Gasteiger partial charge on any atom is -0.309 e. The van der Waals surface area contributed by atoms with Gasteiger partial charge in [-0.3, -0.25) is 4.68 Å². The molecule has 2 rings (SSSR count). The summed E-state index contributed by atoms with van der Waals surface area (Å²) in [7, 11) is 1.94. The van der Waals surface area contributed by atoms with Gasteiger partial charge in [0.1, 0.15) is 5.82 Å². The van der Waals surface area contributed by atoms with E-state index in [4.69, 9.17) is 0 Å². The van der Waals surface area contributed by atoms with Gasteiger partial charge in [-0.05, 0) is 53.5 Å². The fourth-order valence-electron chi connectivity index (χ4n) is 2.41. The molecule has 0 bridgehead atoms. The van der Waals surface area contributed by atoms with Gasteiger partial charge in [-0.15, -0.1) is 0 Å². The second kappa shape index (κ2) is 6.50. The van der Waals surface area contributed by atoms with Crippen molar-refractivity contribution < 1.29 is 4.39 Å². The predicted molar refractivity (Wildman–Crippen MR) is 82.2 cm³/mol. The van der Waals surface area contributed by atoms with E-state index in [1.807, 2.05) is 24.7 Å². The highest BCUT2D eigenvalue weighted by Gasteiger charge is 2.18. The number of aromatic nitrogens is 2. The van der Waals surface area contributed by atoms with E-state index in [9.17, 15) is 4.39 Å². The molecule has 0 saturated heterocycles. The Kier molecular flexibility index (Phi) is 4.94. The molecule has 108 valence electrons. The second-order valence-electron chi connectivity index (χ2n) is 4.86. The zero-order chi connectivity index (χ0) is 14.7. The molecular weight excluding hydrogens is 321 g/mol. The van der Waals surface area contributed by atoms with Crippen LogP contribution in [0.15, 0.2) is 28.7 Å². The van der Waals surface area contributed by atoms with E-state index >= 15 is 0 Å². The van der Waals surface area contributed by atoms with Crippen LogP contribution in [-0.4, -0.2) is 16.3 Å². The van der Waals surface area contributed by atoms with Gasteiger partial charge in [0.25, 0.3) is 0 Å². The van der Waals surface area contributed by atoms with Gasteiger partial charge in [-0.25, -0.2) is 4.39 Å². The molecule has 2 aromatic rings. The first-order valence-corrected chi connectivity index (χ1v) is 7.49. The van der Waals surface area contributed by atoms with E-state index in [1.54, 1.807) is 6.07 Å². The van der Waals surface area contributed by atoms with Crippen LogP contribution in [0.3, 0.4) is 0 Å². The monoisotopic (exact) mass is 339 g/mol. The maximum atomic E-state index is 13.6. The fraction of sp³-hybridized carbons (Fsp3) is 0.400. The summed E-state index contributed by atoms with van der Waals surface area (Å²) in [4.78, 5) is 0. The number of hydrogen-bond acceptors (Lipinski definition) is 2. The standard InChI is InChI=1S/C15H19BrFN3/c1-4-18-13(14-8-10(2)19-20(14)3)9-11-6-5-7-12(17)15(11)16/h5-8,13,18H,4,9H2,1-3H3. The molecule has 3 nitrogen and oxygen atoms in total. The van der Waals surface area contributed by atoms with Crippen LogP contribution in [0.5, 0.6) is 0 Å². The molecule has 0 aliphatic heterocycles. The van der Waals surface area contributed by atoms with Gasteiger partial charge in [0.2, 0.25) is 0 Å². The van der Waals surface area contributed by atoms with E-state index in [1.165, 1.54) is 6.07 Å². The van der Waals surface area contributed by atoms with Crippen LogP contribution in [0.25, 0.3) is 0 Å². The summed E-state index contributed by atoms with van der Waals surface area (Å²) in [6.07, 6.45) is 0.713. The molecule has 20 heavy (non-hydrogen) atoms. The molecule has 0 aliphatic rings. The molecule has 1 heterocycles. The summed E-state index contributed by atoms with van der Waals surface area (Å²) in [6.45, 7) is 4.89. The Bertz CT molecular complexity index is 595. The largest absolute Gasteiger partial charge is 0.309 e. The van der Waals surface area contributed by atoms with Crippen LogP contribution in [0, 0.1) is 12.7 Å². The van der Waals surface area contributed by atoms with Gasteiger partial charge in [0.05, 0.1) is 21.9 Å². The van der Waals surface area contributed by atoms with Gasteiger partial charge >= 0.3 is 0 Å². The lowest BCUT2D eigenvalue weighted by molar-refractivity contribution is 0.505. The Balaban J connectivity index is 2.30. The Morgan fingerprint density at radius 1 is 1.45 bits per heavy atom. The third kappa shape index (κ3) is 3.27. The number of nitrogens with zero attached hydrogens (tertiary/aromatic N) is 2. The van der Waals surface area contributed by atoms with Crippen LogP contribution in [-0.2, 0) is 13.5 Å². The van der Waals surface area contributed by atoms with Crippen molar-refractivity contribution >= 4 is 15.9 Å². The minimum absolute atomic E-state index is 0.115. The maximum Gasteiger partial charge on any atom is 0.137 e. The summed E-state index contributed by atoms with van der Waals surface area (Å²) in [5.41, 5.74) is 3.05. The number of hydrogen-bond donors (Lipinski definition) is 1. The number of rotatable bonds is 5. The van der Waals surface area contributed by atoms with Gasteiger partial charge in [0.15, 0.2) is 0 Å². The van der Waals surface area contributed by atoms with Gasteiger partial charge in [-0.1, -0.05) is 19.1 Å². The van der Waals surface area contributed by atoms with Gasteiger partial charge in [-0.2, -0.15) is 5.10 Å². The van der Waals surface area contributed by atoms with Crippen LogP contribution < -0.4 is 5.32 Å². The van der Waals surface area contributed by atoms with Crippen LogP contribution >= 0.6 is 15.9 Å². The summed E-state index contributed by atoms with van der Waals surface area (Å²) >= 11 is 3.33. The van der Waals surface area contributed by atoms with Crippen molar-refractivity contribution in [2.45, 2.75) is 26.3 Å². The summed E-state index contributed by atoms with van der Waals surface area (Å²) < 4.78 is 16.0. The minimum atomic E-state index is -0.223. The number of aryl methyl sites for hydroxylation is 2. The molecule has 1 unspecified atom stereocenters. The highest BCUT2D eigenvalue weighted by molar-refractivity contribution is 9.10. The van der Waals surface area contributed by atoms with Crippen molar-refractivity contribution in [1.29, 1.82) is 0 Å². The van der Waals surface area contributed by atoms with E-state index in [-0.39, 0.29) is 11.9 Å². The van der Waals surface area contributed by atoms with E-state index in [0.29, 0.717) is 10.9 Å². The van der Waals surface area contributed by atoms with E-state index < -0.39 is 0 Å². The molecule has 5 heteroatoms. The fourth-order valence-corrected chi connectivity index (χ4v) is 2.84. The number of halogens is 2. The van der Waals surface area contributed by atoms with Gasteiger partial charge in [0, 0.05) is 7.05 Å². The van der Waals surface area contributed by atoms with Crippen molar-refractivity contribution in [2.24, 2.45) is 7.05 Å². The Morgan fingerprint density at radius 2 is 2.20 bits per heavy atom. The average Bonchev–Trinajstić information content (AvgIpc) is 2.73. The van der Waals surface area contributed by atoms with Crippen molar-refractivity contribution in [2.75, 3.05) is 6.54 Å². The SMILES string of the molecule is CCNC(Cc1cccc(F)c1Br)c1cc(C)nn1C. The average molecular weight is 340 g/mol. The number of nitrogens with one attached hydrogen (secondary N) is 1. The lowest BCUT2D eigenvalue weighted by Gasteiger charge is -2.19. The first kappa shape index (κ1) is 15.2. The van der Waals surface area contributed by atoms with Gasteiger partial charge < -0.3 is 5.32 Å². The molecule has 0 saturated carbocycles. The van der Waals surface area contributed by atoms with E-state index in [2.05, 4.69) is 39.3 Å². The Morgan fingerprint density at radius 3 is 2.80 bits per heavy atom. The molecule has 0 amide bonds. The summed E-state index contributed by atoms with van der Waals surface area (Å²) in [5.74, 6) is -0.223. The first-order chi connectivity index (χ1) is 9.52. The molecule has 0 radical (unpaired) electrons. The molecule has 1 N–H and O–H groups in total. The lowest BCUT2D eigenvalue weighted by Crippen LogP contribution is -2.25.